The number of nitrogens with one attached hydrogen (secondary N) is 1. The molecule has 1 saturated heterocycles. The molecule has 0 saturated carbocycles. The van der Waals surface area contributed by atoms with Crippen molar-refractivity contribution in [1.82, 2.24) is 0 Å². The van der Waals surface area contributed by atoms with Gasteiger partial charge in [0.1, 0.15) is 0 Å². The molecule has 1 heterocycles. The summed E-state index contributed by atoms with van der Waals surface area (Å²) in [7, 11) is 0. The molecule has 3 aromatic carbocycles. The lowest BCUT2D eigenvalue weighted by Crippen LogP contribution is -2.28. The van der Waals surface area contributed by atoms with Gasteiger partial charge in [-0.05, 0) is 42.1 Å². The van der Waals surface area contributed by atoms with Crippen LogP contribution in [0.3, 0.4) is 0 Å². The number of esters is 1. The summed E-state index contributed by atoms with van der Waals surface area (Å²) in [6.45, 7) is 2.84. The van der Waals surface area contributed by atoms with E-state index in [4.69, 9.17) is 4.74 Å². The van der Waals surface area contributed by atoms with Crippen molar-refractivity contribution in [2.24, 2.45) is 5.92 Å². The standard InChI is InChI=1S/C27H28N2O4/c1-2-3-6-16-33-27(32)20-12-14-22(15-13-20)28-26(31)21-17-25(30)29(18-21)24-11-7-9-19-8-4-5-10-23(19)24/h4-5,7-15,21H,2-3,6,16-18H2,1H3,(H,28,31)/t21-/m1/s1. The summed E-state index contributed by atoms with van der Waals surface area (Å²) < 4.78 is 5.26. The molecule has 1 atom stereocenters. The lowest BCUT2D eigenvalue weighted by molar-refractivity contribution is -0.122. The van der Waals surface area contributed by atoms with Crippen LogP contribution >= 0.6 is 0 Å². The second-order valence-corrected chi connectivity index (χ2v) is 8.31. The lowest BCUT2D eigenvalue weighted by Gasteiger charge is -2.19. The molecule has 1 aliphatic rings. The molecule has 0 aromatic heterocycles. The van der Waals surface area contributed by atoms with Crippen LogP contribution in [0.4, 0.5) is 11.4 Å². The van der Waals surface area contributed by atoms with E-state index in [9.17, 15) is 14.4 Å². The van der Waals surface area contributed by atoms with E-state index >= 15 is 0 Å². The van der Waals surface area contributed by atoms with Crippen molar-refractivity contribution in [1.29, 1.82) is 0 Å². The predicted molar refractivity (Wildman–Crippen MR) is 129 cm³/mol. The van der Waals surface area contributed by atoms with Crippen molar-refractivity contribution in [2.45, 2.75) is 32.6 Å². The fraction of sp³-hybridized carbons (Fsp3) is 0.296. The van der Waals surface area contributed by atoms with Gasteiger partial charge in [-0.25, -0.2) is 4.79 Å². The van der Waals surface area contributed by atoms with E-state index in [2.05, 4.69) is 12.2 Å². The maximum Gasteiger partial charge on any atom is 0.338 e. The summed E-state index contributed by atoms with van der Waals surface area (Å²) in [5.41, 5.74) is 1.86. The van der Waals surface area contributed by atoms with E-state index in [0.717, 1.165) is 35.7 Å². The topological polar surface area (TPSA) is 75.7 Å². The highest BCUT2D eigenvalue weighted by Gasteiger charge is 2.35. The first-order chi connectivity index (χ1) is 16.1. The highest BCUT2D eigenvalue weighted by Crippen LogP contribution is 2.32. The third-order valence-electron chi connectivity index (χ3n) is 5.92. The molecular formula is C27H28N2O4. The van der Waals surface area contributed by atoms with Crippen LogP contribution < -0.4 is 10.2 Å². The Kier molecular flexibility index (Phi) is 7.03. The number of unbranched alkanes of at least 4 members (excludes halogenated alkanes) is 2. The van der Waals surface area contributed by atoms with Gasteiger partial charge in [-0.15, -0.1) is 0 Å². The zero-order valence-electron chi connectivity index (χ0n) is 18.8. The average molecular weight is 445 g/mol. The van der Waals surface area contributed by atoms with E-state index in [-0.39, 0.29) is 24.2 Å². The third-order valence-corrected chi connectivity index (χ3v) is 5.92. The normalized spacial score (nSPS) is 15.6. The molecule has 1 fully saturated rings. The molecule has 3 aromatic rings. The van der Waals surface area contributed by atoms with Crippen molar-refractivity contribution in [3.63, 3.8) is 0 Å². The molecule has 2 amide bonds. The van der Waals surface area contributed by atoms with E-state index < -0.39 is 5.92 Å². The van der Waals surface area contributed by atoms with Gasteiger partial charge in [-0.3, -0.25) is 9.59 Å². The Morgan fingerprint density at radius 3 is 2.55 bits per heavy atom. The van der Waals surface area contributed by atoms with Gasteiger partial charge in [-0.2, -0.15) is 0 Å². The van der Waals surface area contributed by atoms with Crippen LogP contribution in [0.5, 0.6) is 0 Å². The summed E-state index contributed by atoms with van der Waals surface area (Å²) in [5.74, 6) is -1.08. The Morgan fingerprint density at radius 2 is 1.76 bits per heavy atom. The van der Waals surface area contributed by atoms with E-state index in [0.29, 0.717) is 24.4 Å². The first kappa shape index (κ1) is 22.5. The zero-order valence-corrected chi connectivity index (χ0v) is 18.8. The molecule has 1 N–H and O–H groups in total. The number of fused-ring (bicyclic) bond motifs is 1. The van der Waals surface area contributed by atoms with Gasteiger partial charge in [0.2, 0.25) is 11.8 Å². The van der Waals surface area contributed by atoms with Gasteiger partial charge in [0.05, 0.1) is 23.8 Å². The number of carbonyl (C=O) groups excluding carboxylic acids is 3. The highest BCUT2D eigenvalue weighted by molar-refractivity contribution is 6.08. The fourth-order valence-electron chi connectivity index (χ4n) is 4.09. The summed E-state index contributed by atoms with van der Waals surface area (Å²) >= 11 is 0. The number of benzene rings is 3. The molecule has 0 spiro atoms. The minimum absolute atomic E-state index is 0.0623. The molecule has 0 aliphatic carbocycles. The van der Waals surface area contributed by atoms with Gasteiger partial charge >= 0.3 is 5.97 Å². The summed E-state index contributed by atoms with van der Waals surface area (Å²) in [4.78, 5) is 39.4. The second kappa shape index (κ2) is 10.3. The van der Waals surface area contributed by atoms with Crippen molar-refractivity contribution in [2.75, 3.05) is 23.4 Å². The number of amides is 2. The molecule has 0 radical (unpaired) electrons. The van der Waals surface area contributed by atoms with E-state index in [1.165, 1.54) is 0 Å². The molecule has 170 valence electrons. The number of hydrogen-bond acceptors (Lipinski definition) is 4. The Hall–Kier alpha value is -3.67. The third kappa shape index (κ3) is 5.22. The van der Waals surface area contributed by atoms with Gasteiger partial charge < -0.3 is 15.0 Å². The highest BCUT2D eigenvalue weighted by atomic mass is 16.5. The minimum Gasteiger partial charge on any atom is -0.462 e. The van der Waals surface area contributed by atoms with Crippen LogP contribution in [0.15, 0.2) is 66.7 Å². The monoisotopic (exact) mass is 444 g/mol. The quantitative estimate of drug-likeness (QED) is 0.384. The Balaban J connectivity index is 1.37. The average Bonchev–Trinajstić information content (AvgIpc) is 3.23. The van der Waals surface area contributed by atoms with Crippen molar-refractivity contribution in [3.8, 4) is 0 Å². The second-order valence-electron chi connectivity index (χ2n) is 8.31. The van der Waals surface area contributed by atoms with Gasteiger partial charge in [-0.1, -0.05) is 56.2 Å². The van der Waals surface area contributed by atoms with Gasteiger partial charge in [0.25, 0.3) is 0 Å². The molecule has 1 aliphatic heterocycles. The van der Waals surface area contributed by atoms with Crippen molar-refractivity contribution in [3.05, 3.63) is 72.3 Å². The lowest BCUT2D eigenvalue weighted by atomic mass is 10.1. The fourth-order valence-corrected chi connectivity index (χ4v) is 4.09. The van der Waals surface area contributed by atoms with Gasteiger partial charge in [0.15, 0.2) is 0 Å². The number of hydrogen-bond donors (Lipinski definition) is 1. The maximum absolute atomic E-state index is 12.8. The van der Waals surface area contributed by atoms with Crippen LogP contribution in [0.25, 0.3) is 10.8 Å². The predicted octanol–water partition coefficient (Wildman–Crippen LogP) is 5.18. The number of ether oxygens (including phenoxy) is 1. The smallest absolute Gasteiger partial charge is 0.338 e. The summed E-state index contributed by atoms with van der Waals surface area (Å²) in [6.07, 6.45) is 3.11. The van der Waals surface area contributed by atoms with Crippen LogP contribution in [-0.4, -0.2) is 30.9 Å². The first-order valence-corrected chi connectivity index (χ1v) is 11.4. The van der Waals surface area contributed by atoms with Crippen molar-refractivity contribution >= 4 is 39.9 Å². The number of rotatable bonds is 8. The van der Waals surface area contributed by atoms with Crippen LogP contribution in [0.1, 0.15) is 43.0 Å². The molecule has 0 unspecified atom stereocenters. The van der Waals surface area contributed by atoms with Crippen LogP contribution in [-0.2, 0) is 14.3 Å². The van der Waals surface area contributed by atoms with Crippen molar-refractivity contribution < 1.29 is 19.1 Å². The first-order valence-electron chi connectivity index (χ1n) is 11.4. The Bertz CT molecular complexity index is 1150. The Labute approximate surface area is 193 Å². The number of nitrogens with zero attached hydrogens (tertiary/aromatic N) is 1. The minimum atomic E-state index is -0.445. The molecule has 0 bridgehead atoms. The van der Waals surface area contributed by atoms with E-state index in [1.54, 1.807) is 29.2 Å². The number of carbonyl (C=O) groups is 3. The molecule has 33 heavy (non-hydrogen) atoms. The van der Waals surface area contributed by atoms with Crippen LogP contribution in [0.2, 0.25) is 0 Å². The summed E-state index contributed by atoms with van der Waals surface area (Å²) in [6, 6.07) is 20.4. The Morgan fingerprint density at radius 1 is 1.00 bits per heavy atom. The number of anilines is 2. The van der Waals surface area contributed by atoms with E-state index in [1.807, 2.05) is 42.5 Å². The molecular weight excluding hydrogens is 416 g/mol. The van der Waals surface area contributed by atoms with Gasteiger partial charge in [0, 0.05) is 24.0 Å². The largest absolute Gasteiger partial charge is 0.462 e. The maximum atomic E-state index is 12.8. The molecule has 4 rings (SSSR count). The molecule has 6 heteroatoms. The zero-order chi connectivity index (χ0) is 23.2. The van der Waals surface area contributed by atoms with Crippen LogP contribution in [0, 0.1) is 5.92 Å². The SMILES string of the molecule is CCCCCOC(=O)c1ccc(NC(=O)[C@@H]2CC(=O)N(c3cccc4ccccc34)C2)cc1. The summed E-state index contributed by atoms with van der Waals surface area (Å²) in [5, 5.41) is 4.92. The molecule has 6 nitrogen and oxygen atoms in total.